The number of nitrogens with one attached hydrogen (secondary N) is 1. The molecule has 2 aromatic rings. The average Bonchev–Trinajstić information content (AvgIpc) is 3.45. The average molecular weight is 399 g/mol. The maximum atomic E-state index is 13.0. The van der Waals surface area contributed by atoms with Gasteiger partial charge in [-0.15, -0.1) is 0 Å². The number of nitrogens with zero attached hydrogens (tertiary/aromatic N) is 1. The molecular weight excluding hydrogens is 372 g/mol. The molecule has 1 atom stereocenters. The van der Waals surface area contributed by atoms with Gasteiger partial charge in [-0.1, -0.05) is 31.2 Å². The van der Waals surface area contributed by atoms with Crippen LogP contribution in [0.5, 0.6) is 0 Å². The Kier molecular flexibility index (Phi) is 5.02. The van der Waals surface area contributed by atoms with E-state index in [1.807, 2.05) is 43.0 Å². The smallest absolute Gasteiger partial charge is 0.241 e. The lowest BCUT2D eigenvalue weighted by Gasteiger charge is -2.20. The Morgan fingerprint density at radius 3 is 2.64 bits per heavy atom. The molecule has 5 nitrogen and oxygen atoms in total. The Bertz CT molecular complexity index is 1010. The number of rotatable bonds is 6. The minimum atomic E-state index is -3.65. The van der Waals surface area contributed by atoms with E-state index >= 15 is 0 Å². The number of aryl methyl sites for hydroxylation is 1. The number of amides is 1. The molecule has 1 unspecified atom stereocenters. The van der Waals surface area contributed by atoms with Gasteiger partial charge < -0.3 is 4.90 Å². The summed E-state index contributed by atoms with van der Waals surface area (Å²) < 4.78 is 28.9. The molecule has 1 aliphatic carbocycles. The lowest BCUT2D eigenvalue weighted by molar-refractivity contribution is -0.119. The summed E-state index contributed by atoms with van der Waals surface area (Å²) in [7, 11) is -3.65. The van der Waals surface area contributed by atoms with Crippen LogP contribution in [-0.2, 0) is 21.2 Å². The molecule has 1 fully saturated rings. The van der Waals surface area contributed by atoms with Gasteiger partial charge in [-0.25, -0.2) is 13.1 Å². The topological polar surface area (TPSA) is 66.5 Å². The van der Waals surface area contributed by atoms with Crippen molar-refractivity contribution in [2.45, 2.75) is 50.5 Å². The molecule has 0 aromatic heterocycles. The third kappa shape index (κ3) is 3.59. The van der Waals surface area contributed by atoms with E-state index < -0.39 is 10.0 Å². The van der Waals surface area contributed by atoms with Crippen LogP contribution in [0.25, 0.3) is 0 Å². The molecule has 4 rings (SSSR count). The number of fused-ring (bicyclic) bond motifs is 1. The number of carbonyl (C=O) groups excluding carboxylic acids is 1. The van der Waals surface area contributed by atoms with Crippen molar-refractivity contribution < 1.29 is 13.2 Å². The van der Waals surface area contributed by atoms with Crippen LogP contribution >= 0.6 is 0 Å². The molecule has 1 N–H and O–H groups in total. The highest BCUT2D eigenvalue weighted by molar-refractivity contribution is 7.89. The van der Waals surface area contributed by atoms with Gasteiger partial charge in [0.15, 0.2) is 0 Å². The number of sulfonamides is 1. The van der Waals surface area contributed by atoms with Crippen molar-refractivity contribution in [2.24, 2.45) is 5.92 Å². The first-order valence-corrected chi connectivity index (χ1v) is 11.4. The van der Waals surface area contributed by atoms with Gasteiger partial charge in [0.1, 0.15) is 0 Å². The van der Waals surface area contributed by atoms with E-state index in [2.05, 4.69) is 4.72 Å². The Balaban J connectivity index is 1.58. The fourth-order valence-corrected chi connectivity index (χ4v) is 5.27. The summed E-state index contributed by atoms with van der Waals surface area (Å²) in [4.78, 5) is 14.5. The van der Waals surface area contributed by atoms with Crippen molar-refractivity contribution >= 4 is 21.6 Å². The lowest BCUT2D eigenvalue weighted by Crippen LogP contribution is -2.30. The second-order valence-electron chi connectivity index (χ2n) is 7.74. The van der Waals surface area contributed by atoms with Gasteiger partial charge in [0.25, 0.3) is 0 Å². The highest BCUT2D eigenvalue weighted by atomic mass is 32.2. The zero-order valence-electron chi connectivity index (χ0n) is 16.3. The fraction of sp³-hybridized carbons (Fsp3) is 0.409. The Hall–Kier alpha value is -2.18. The molecule has 6 heteroatoms. The molecule has 1 heterocycles. The number of carbonyl (C=O) groups is 1. The molecule has 1 amide bonds. The molecule has 0 radical (unpaired) electrons. The maximum Gasteiger partial charge on any atom is 0.241 e. The van der Waals surface area contributed by atoms with Crippen LogP contribution in [-0.4, -0.2) is 20.9 Å². The third-order valence-electron chi connectivity index (χ3n) is 5.72. The van der Waals surface area contributed by atoms with Gasteiger partial charge >= 0.3 is 0 Å². The Labute approximate surface area is 166 Å². The maximum absolute atomic E-state index is 13.0. The van der Waals surface area contributed by atoms with E-state index in [9.17, 15) is 13.2 Å². The summed E-state index contributed by atoms with van der Waals surface area (Å²) in [5.41, 5.74) is 3.86. The minimum absolute atomic E-state index is 0.162. The first-order valence-electron chi connectivity index (χ1n) is 9.93. The van der Waals surface area contributed by atoms with E-state index in [0.29, 0.717) is 19.4 Å². The summed E-state index contributed by atoms with van der Waals surface area (Å²) in [6.45, 7) is 4.61. The van der Waals surface area contributed by atoms with E-state index in [4.69, 9.17) is 0 Å². The second kappa shape index (κ2) is 7.33. The second-order valence-corrected chi connectivity index (χ2v) is 9.46. The van der Waals surface area contributed by atoms with Crippen LogP contribution in [0.3, 0.4) is 0 Å². The molecule has 2 aromatic carbocycles. The van der Waals surface area contributed by atoms with Crippen LogP contribution in [0, 0.1) is 12.8 Å². The van der Waals surface area contributed by atoms with Crippen LogP contribution in [0.1, 0.15) is 48.9 Å². The van der Waals surface area contributed by atoms with Crippen LogP contribution < -0.4 is 9.62 Å². The van der Waals surface area contributed by atoms with Gasteiger partial charge in [0.2, 0.25) is 15.9 Å². The van der Waals surface area contributed by atoms with Crippen LogP contribution in [0.15, 0.2) is 47.4 Å². The predicted octanol–water partition coefficient (Wildman–Crippen LogP) is 3.72. The van der Waals surface area contributed by atoms with Gasteiger partial charge in [0, 0.05) is 24.2 Å². The zero-order valence-corrected chi connectivity index (χ0v) is 17.1. The number of benzene rings is 2. The third-order valence-corrected chi connectivity index (χ3v) is 7.19. The summed E-state index contributed by atoms with van der Waals surface area (Å²) in [5.74, 6) is 0.341. The first kappa shape index (κ1) is 19.2. The Morgan fingerprint density at radius 2 is 1.96 bits per heavy atom. The predicted molar refractivity (Wildman–Crippen MR) is 110 cm³/mol. The standard InChI is InChI=1S/C22H26N2O3S/c1-3-20(19-7-5-4-6-15(19)2)23-28(26,27)18-10-11-21-17(14-18)12-13-24(21)22(25)16-8-9-16/h4-7,10-11,14,16,20,23H,3,8-9,12-13H2,1-2H3. The Morgan fingerprint density at radius 1 is 1.21 bits per heavy atom. The summed E-state index contributed by atoms with van der Waals surface area (Å²) in [6, 6.07) is 12.7. The molecular formula is C22H26N2O3S. The van der Waals surface area contributed by atoms with Gasteiger partial charge in [-0.3, -0.25) is 4.79 Å². The van der Waals surface area contributed by atoms with E-state index in [1.54, 1.807) is 18.2 Å². The number of hydrogen-bond donors (Lipinski definition) is 1. The van der Waals surface area contributed by atoms with E-state index in [1.165, 1.54) is 0 Å². The molecule has 1 aliphatic heterocycles. The molecule has 148 valence electrons. The summed E-state index contributed by atoms with van der Waals surface area (Å²) >= 11 is 0. The molecule has 0 bridgehead atoms. The van der Waals surface area contributed by atoms with E-state index in [0.717, 1.165) is 35.2 Å². The van der Waals surface area contributed by atoms with Crippen LogP contribution in [0.4, 0.5) is 5.69 Å². The molecule has 28 heavy (non-hydrogen) atoms. The SMILES string of the molecule is CCC(NS(=O)(=O)c1ccc2c(c1)CCN2C(=O)C1CC1)c1ccccc1C. The van der Waals surface area contributed by atoms with Gasteiger partial charge in [0.05, 0.1) is 4.90 Å². The van der Waals surface area contributed by atoms with Gasteiger partial charge in [-0.05, 0) is 67.5 Å². The summed E-state index contributed by atoms with van der Waals surface area (Å²) in [6.07, 6.45) is 3.31. The number of hydrogen-bond acceptors (Lipinski definition) is 3. The van der Waals surface area contributed by atoms with Crippen LogP contribution in [0.2, 0.25) is 0 Å². The molecule has 0 saturated heterocycles. The zero-order chi connectivity index (χ0) is 19.9. The van der Waals surface area contributed by atoms with Crippen molar-refractivity contribution in [1.82, 2.24) is 4.72 Å². The van der Waals surface area contributed by atoms with Crippen molar-refractivity contribution in [3.8, 4) is 0 Å². The number of anilines is 1. The van der Waals surface area contributed by atoms with Gasteiger partial charge in [-0.2, -0.15) is 0 Å². The first-order chi connectivity index (χ1) is 13.4. The molecule has 1 saturated carbocycles. The lowest BCUT2D eigenvalue weighted by atomic mass is 10.0. The van der Waals surface area contributed by atoms with Crippen molar-refractivity contribution in [3.05, 3.63) is 59.2 Å². The minimum Gasteiger partial charge on any atom is -0.312 e. The fourth-order valence-electron chi connectivity index (χ4n) is 3.92. The van der Waals surface area contributed by atoms with Crippen molar-refractivity contribution in [2.75, 3.05) is 11.4 Å². The largest absolute Gasteiger partial charge is 0.312 e. The van der Waals surface area contributed by atoms with E-state index in [-0.39, 0.29) is 22.8 Å². The highest BCUT2D eigenvalue weighted by Gasteiger charge is 2.36. The van der Waals surface area contributed by atoms with Crippen molar-refractivity contribution in [1.29, 1.82) is 0 Å². The highest BCUT2D eigenvalue weighted by Crippen LogP contribution is 2.37. The van der Waals surface area contributed by atoms with Crippen molar-refractivity contribution in [3.63, 3.8) is 0 Å². The monoisotopic (exact) mass is 398 g/mol. The quantitative estimate of drug-likeness (QED) is 0.806. The summed E-state index contributed by atoms with van der Waals surface area (Å²) in [5, 5.41) is 0. The normalized spacial score (nSPS) is 17.4. The molecule has 2 aliphatic rings. The molecule has 0 spiro atoms.